The molecule has 2 aromatic heterocycles. The summed E-state index contributed by atoms with van der Waals surface area (Å²) in [5, 5.41) is 12.5. The molecular weight excluding hydrogens is 272 g/mol. The molecule has 0 aromatic carbocycles. The Morgan fingerprint density at radius 3 is 2.81 bits per heavy atom. The van der Waals surface area contributed by atoms with E-state index < -0.39 is 17.2 Å². The highest BCUT2D eigenvalue weighted by molar-refractivity contribution is 5.95. The summed E-state index contributed by atoms with van der Waals surface area (Å²) in [5.41, 5.74) is -0.608. The zero-order valence-electron chi connectivity index (χ0n) is 11.2. The number of aromatic amines is 1. The second-order valence-electron chi connectivity index (χ2n) is 4.93. The summed E-state index contributed by atoms with van der Waals surface area (Å²) in [4.78, 5) is 34.4. The number of nitrogens with zero attached hydrogens (tertiary/aromatic N) is 2. The molecule has 7 nitrogen and oxygen atoms in total. The Balaban J connectivity index is 1.97. The summed E-state index contributed by atoms with van der Waals surface area (Å²) in [6.07, 6.45) is 4.43. The van der Waals surface area contributed by atoms with Gasteiger partial charge < -0.3 is 15.4 Å². The molecule has 108 valence electrons. The molecule has 1 amide bonds. The lowest BCUT2D eigenvalue weighted by Gasteiger charge is -2.26. The molecule has 0 bridgehead atoms. The number of pyridine rings is 1. The lowest BCUT2D eigenvalue weighted by Crippen LogP contribution is -2.40. The maximum absolute atomic E-state index is 12.1. The van der Waals surface area contributed by atoms with Gasteiger partial charge in [-0.2, -0.15) is 0 Å². The van der Waals surface area contributed by atoms with Crippen LogP contribution < -0.4 is 10.9 Å². The average Bonchev–Trinajstić information content (AvgIpc) is 2.46. The summed E-state index contributed by atoms with van der Waals surface area (Å²) in [6, 6.07) is 5.22. The van der Waals surface area contributed by atoms with Crippen LogP contribution in [0.3, 0.4) is 0 Å². The summed E-state index contributed by atoms with van der Waals surface area (Å²) < 4.78 is 0. The number of hydrogen-bond donors (Lipinski definition) is 3. The third-order valence-corrected chi connectivity index (χ3v) is 3.46. The van der Waals surface area contributed by atoms with Crippen molar-refractivity contribution in [3.05, 3.63) is 40.4 Å². The zero-order valence-corrected chi connectivity index (χ0v) is 11.2. The molecule has 1 aliphatic rings. The Bertz CT molecular complexity index is 723. The molecule has 21 heavy (non-hydrogen) atoms. The van der Waals surface area contributed by atoms with E-state index in [0.717, 1.165) is 19.3 Å². The molecule has 1 aliphatic carbocycles. The van der Waals surface area contributed by atoms with Gasteiger partial charge in [0.15, 0.2) is 11.5 Å². The zero-order chi connectivity index (χ0) is 14.8. The van der Waals surface area contributed by atoms with Crippen molar-refractivity contribution in [2.75, 3.05) is 0 Å². The number of aromatic nitrogens is 3. The minimum atomic E-state index is -0.760. The van der Waals surface area contributed by atoms with Crippen molar-refractivity contribution >= 4 is 5.91 Å². The number of H-pyrrole nitrogens is 1. The standard InChI is InChI=1S/C14H14N4O3/c19-11-10(13(20)16-8-4-3-5-8)17-12(18-14(11)21)9-6-1-2-7-15-9/h1-2,6-8,19H,3-5H2,(H,16,20)(H,17,18,21). The van der Waals surface area contributed by atoms with E-state index in [-0.39, 0.29) is 17.6 Å². The fraction of sp³-hybridized carbons (Fsp3) is 0.286. The second kappa shape index (κ2) is 5.35. The highest BCUT2D eigenvalue weighted by atomic mass is 16.3. The molecule has 0 saturated heterocycles. The van der Waals surface area contributed by atoms with Crippen LogP contribution in [0.1, 0.15) is 29.8 Å². The van der Waals surface area contributed by atoms with E-state index in [1.54, 1.807) is 24.4 Å². The highest BCUT2D eigenvalue weighted by Crippen LogP contribution is 2.20. The first kappa shape index (κ1) is 13.3. The van der Waals surface area contributed by atoms with Crippen molar-refractivity contribution < 1.29 is 9.90 Å². The molecule has 0 aliphatic heterocycles. The Kier molecular flexibility index (Phi) is 3.39. The van der Waals surface area contributed by atoms with Crippen LogP contribution in [-0.4, -0.2) is 32.0 Å². The third-order valence-electron chi connectivity index (χ3n) is 3.46. The van der Waals surface area contributed by atoms with Gasteiger partial charge in [-0.1, -0.05) is 6.07 Å². The van der Waals surface area contributed by atoms with Crippen molar-refractivity contribution in [1.82, 2.24) is 20.3 Å². The fourth-order valence-electron chi connectivity index (χ4n) is 2.06. The maximum atomic E-state index is 12.1. The van der Waals surface area contributed by atoms with E-state index in [2.05, 4.69) is 20.3 Å². The molecule has 7 heteroatoms. The van der Waals surface area contributed by atoms with E-state index in [0.29, 0.717) is 5.69 Å². The minimum absolute atomic E-state index is 0.0938. The SMILES string of the molecule is O=C(NC1CCC1)c1nc(-c2ccccn2)[nH]c(=O)c1O. The molecule has 0 atom stereocenters. The van der Waals surface area contributed by atoms with Crippen LogP contribution in [0.2, 0.25) is 0 Å². The molecule has 0 spiro atoms. The molecule has 1 saturated carbocycles. The Labute approximate surface area is 120 Å². The summed E-state index contributed by atoms with van der Waals surface area (Å²) in [6.45, 7) is 0. The largest absolute Gasteiger partial charge is 0.501 e. The summed E-state index contributed by atoms with van der Waals surface area (Å²) in [7, 11) is 0. The van der Waals surface area contributed by atoms with Gasteiger partial charge in [0.25, 0.3) is 11.5 Å². The smallest absolute Gasteiger partial charge is 0.294 e. The van der Waals surface area contributed by atoms with E-state index >= 15 is 0 Å². The molecule has 3 rings (SSSR count). The first-order chi connectivity index (χ1) is 10.1. The quantitative estimate of drug-likeness (QED) is 0.774. The van der Waals surface area contributed by atoms with Crippen LogP contribution in [0.5, 0.6) is 5.75 Å². The van der Waals surface area contributed by atoms with Gasteiger partial charge in [-0.3, -0.25) is 14.6 Å². The van der Waals surface area contributed by atoms with Crippen LogP contribution in [0.15, 0.2) is 29.2 Å². The molecule has 2 aromatic rings. The molecule has 2 heterocycles. The number of aromatic hydroxyl groups is 1. The number of carbonyl (C=O) groups is 1. The van der Waals surface area contributed by atoms with E-state index in [1.165, 1.54) is 0 Å². The molecular formula is C14H14N4O3. The number of hydrogen-bond acceptors (Lipinski definition) is 5. The molecule has 1 fully saturated rings. The number of amides is 1. The number of rotatable bonds is 3. The second-order valence-corrected chi connectivity index (χ2v) is 4.93. The van der Waals surface area contributed by atoms with Crippen molar-refractivity contribution in [3.63, 3.8) is 0 Å². The predicted molar refractivity (Wildman–Crippen MR) is 74.9 cm³/mol. The van der Waals surface area contributed by atoms with Gasteiger partial charge in [-0.05, 0) is 31.4 Å². The molecule has 0 unspecified atom stereocenters. The van der Waals surface area contributed by atoms with Crippen LogP contribution in [0.4, 0.5) is 0 Å². The Hall–Kier alpha value is -2.70. The first-order valence-electron chi connectivity index (χ1n) is 6.70. The van der Waals surface area contributed by atoms with Gasteiger partial charge in [0, 0.05) is 12.2 Å². The van der Waals surface area contributed by atoms with Crippen molar-refractivity contribution in [1.29, 1.82) is 0 Å². The fourth-order valence-corrected chi connectivity index (χ4v) is 2.06. The third kappa shape index (κ3) is 2.62. The van der Waals surface area contributed by atoms with Gasteiger partial charge in [-0.15, -0.1) is 0 Å². The Morgan fingerprint density at radius 2 is 2.19 bits per heavy atom. The van der Waals surface area contributed by atoms with Crippen LogP contribution in [-0.2, 0) is 0 Å². The average molecular weight is 286 g/mol. The van der Waals surface area contributed by atoms with Gasteiger partial charge in [-0.25, -0.2) is 4.98 Å². The lowest BCUT2D eigenvalue weighted by molar-refractivity contribution is 0.0908. The van der Waals surface area contributed by atoms with Crippen molar-refractivity contribution in [2.24, 2.45) is 0 Å². The normalized spacial score (nSPS) is 14.5. The number of carbonyl (C=O) groups excluding carboxylic acids is 1. The van der Waals surface area contributed by atoms with E-state index in [1.807, 2.05) is 0 Å². The molecule has 0 radical (unpaired) electrons. The lowest BCUT2D eigenvalue weighted by atomic mass is 9.93. The van der Waals surface area contributed by atoms with Crippen LogP contribution in [0, 0.1) is 0 Å². The first-order valence-corrected chi connectivity index (χ1v) is 6.70. The van der Waals surface area contributed by atoms with E-state index in [4.69, 9.17) is 0 Å². The van der Waals surface area contributed by atoms with Crippen LogP contribution >= 0.6 is 0 Å². The van der Waals surface area contributed by atoms with Crippen LogP contribution in [0.25, 0.3) is 11.5 Å². The van der Waals surface area contributed by atoms with E-state index in [9.17, 15) is 14.7 Å². The number of nitrogens with one attached hydrogen (secondary N) is 2. The monoisotopic (exact) mass is 286 g/mol. The van der Waals surface area contributed by atoms with Gasteiger partial charge in [0.2, 0.25) is 5.75 Å². The Morgan fingerprint density at radius 1 is 1.38 bits per heavy atom. The summed E-state index contributed by atoms with van der Waals surface area (Å²) in [5.74, 6) is -1.07. The summed E-state index contributed by atoms with van der Waals surface area (Å²) >= 11 is 0. The van der Waals surface area contributed by atoms with Gasteiger partial charge in [0.05, 0.1) is 0 Å². The maximum Gasteiger partial charge on any atom is 0.294 e. The minimum Gasteiger partial charge on any atom is -0.501 e. The highest BCUT2D eigenvalue weighted by Gasteiger charge is 2.24. The topological polar surface area (TPSA) is 108 Å². The molecule has 3 N–H and O–H groups in total. The predicted octanol–water partition coefficient (Wildman–Crippen LogP) is 0.820. The van der Waals surface area contributed by atoms with Gasteiger partial charge >= 0.3 is 0 Å². The van der Waals surface area contributed by atoms with Crippen molar-refractivity contribution in [2.45, 2.75) is 25.3 Å². The van der Waals surface area contributed by atoms with Crippen molar-refractivity contribution in [3.8, 4) is 17.3 Å². The van der Waals surface area contributed by atoms with Gasteiger partial charge in [0.1, 0.15) is 5.69 Å².